The van der Waals surface area contributed by atoms with E-state index < -0.39 is 0 Å². The van der Waals surface area contributed by atoms with E-state index in [0.29, 0.717) is 10.7 Å². The molecule has 2 nitrogen and oxygen atoms in total. The minimum atomic E-state index is 0.514. The highest BCUT2D eigenvalue weighted by Gasteiger charge is 1.95. The Kier molecular flexibility index (Phi) is 1.80. The van der Waals surface area contributed by atoms with E-state index in [1.54, 1.807) is 24.3 Å². The molecular formula is C6H5ClN2. The Balaban J connectivity index is 3.15. The fourth-order valence-electron chi connectivity index (χ4n) is 0.552. The fourth-order valence-corrected chi connectivity index (χ4v) is 0.730. The maximum atomic E-state index is 8.38. The predicted molar refractivity (Wildman–Crippen MR) is 35.4 cm³/mol. The van der Waals surface area contributed by atoms with E-state index in [0.717, 1.165) is 0 Å². The zero-order chi connectivity index (χ0) is 6.69. The summed E-state index contributed by atoms with van der Waals surface area (Å²) in [5, 5.41) is 2.48. The Hall–Kier alpha value is -0.890. The maximum absolute atomic E-state index is 8.38. The summed E-state index contributed by atoms with van der Waals surface area (Å²) in [5.74, 6) is 0. The van der Waals surface area contributed by atoms with Crippen molar-refractivity contribution in [3.63, 3.8) is 0 Å². The molecule has 3 heteroatoms. The molecule has 1 aromatic rings. The molecule has 0 bridgehead atoms. The van der Waals surface area contributed by atoms with E-state index in [1.165, 1.54) is 0 Å². The van der Waals surface area contributed by atoms with Crippen LogP contribution in [0.3, 0.4) is 0 Å². The van der Waals surface area contributed by atoms with Crippen LogP contribution >= 0.6 is 11.6 Å². The molecule has 0 spiro atoms. The van der Waals surface area contributed by atoms with Gasteiger partial charge in [-0.25, -0.2) is 0 Å². The SMILES string of the molecule is [N-]=[NH+]c1ccccc1Cl. The van der Waals surface area contributed by atoms with Crippen LogP contribution in [0.4, 0.5) is 5.69 Å². The molecule has 0 heterocycles. The van der Waals surface area contributed by atoms with E-state index in [1.807, 2.05) is 5.11 Å². The Labute approximate surface area is 58.0 Å². The third-order valence-corrected chi connectivity index (χ3v) is 1.32. The Morgan fingerprint density at radius 3 is 2.44 bits per heavy atom. The van der Waals surface area contributed by atoms with Crippen molar-refractivity contribution in [3.05, 3.63) is 34.8 Å². The monoisotopic (exact) mass is 140 g/mol. The largest absolute Gasteiger partial charge is 0.502 e. The van der Waals surface area contributed by atoms with Crippen LogP contribution in [0.2, 0.25) is 5.02 Å². The molecule has 0 saturated heterocycles. The van der Waals surface area contributed by atoms with Crippen LogP contribution in [0.5, 0.6) is 0 Å². The number of halogens is 1. The number of hydrogen-bond donors (Lipinski definition) is 1. The van der Waals surface area contributed by atoms with Gasteiger partial charge in [0.05, 0.1) is 0 Å². The molecule has 0 fully saturated rings. The van der Waals surface area contributed by atoms with E-state index in [-0.39, 0.29) is 0 Å². The molecule has 0 unspecified atom stereocenters. The topological polar surface area (TPSA) is 36.3 Å². The lowest BCUT2D eigenvalue weighted by atomic mass is 10.3. The van der Waals surface area contributed by atoms with Gasteiger partial charge in [0.2, 0.25) is 5.69 Å². The summed E-state index contributed by atoms with van der Waals surface area (Å²) >= 11 is 5.60. The molecule has 46 valence electrons. The summed E-state index contributed by atoms with van der Waals surface area (Å²) in [6.45, 7) is 0. The Bertz CT molecular complexity index is 222. The molecule has 1 aromatic carbocycles. The second-order valence-corrected chi connectivity index (χ2v) is 2.00. The number of rotatable bonds is 1. The highest BCUT2D eigenvalue weighted by molar-refractivity contribution is 6.32. The van der Waals surface area contributed by atoms with Gasteiger partial charge in [0, 0.05) is 6.07 Å². The summed E-state index contributed by atoms with van der Waals surface area (Å²) in [5.41, 5.74) is 8.91. The van der Waals surface area contributed by atoms with Crippen molar-refractivity contribution in [1.82, 2.24) is 0 Å². The van der Waals surface area contributed by atoms with Crippen LogP contribution in [0.25, 0.3) is 5.53 Å². The van der Waals surface area contributed by atoms with Gasteiger partial charge in [-0.3, -0.25) is 5.11 Å². The van der Waals surface area contributed by atoms with Gasteiger partial charge in [0.1, 0.15) is 5.02 Å². The second-order valence-electron chi connectivity index (χ2n) is 1.59. The highest BCUT2D eigenvalue weighted by atomic mass is 35.5. The summed E-state index contributed by atoms with van der Waals surface area (Å²) in [4.78, 5) is 0. The average molecular weight is 141 g/mol. The van der Waals surface area contributed by atoms with Crippen LogP contribution in [-0.2, 0) is 0 Å². The van der Waals surface area contributed by atoms with Gasteiger partial charge in [-0.15, -0.1) is 0 Å². The number of nitrogens with zero attached hydrogens (tertiary/aromatic N) is 1. The molecule has 0 amide bonds. The molecule has 0 atom stereocenters. The lowest BCUT2D eigenvalue weighted by Crippen LogP contribution is -2.54. The second kappa shape index (κ2) is 2.60. The molecule has 1 rings (SSSR count). The highest BCUT2D eigenvalue weighted by Crippen LogP contribution is 2.14. The van der Waals surface area contributed by atoms with E-state index in [9.17, 15) is 0 Å². The van der Waals surface area contributed by atoms with Crippen LogP contribution in [0.1, 0.15) is 0 Å². The number of hydrogen-bond acceptors (Lipinski definition) is 0. The van der Waals surface area contributed by atoms with Gasteiger partial charge in [-0.05, 0) is 6.07 Å². The summed E-state index contributed by atoms with van der Waals surface area (Å²) in [7, 11) is 0. The minimum Gasteiger partial charge on any atom is -0.502 e. The lowest BCUT2D eigenvalue weighted by molar-refractivity contribution is -0.379. The fraction of sp³-hybridized carbons (Fsp3) is 0. The van der Waals surface area contributed by atoms with E-state index in [2.05, 4.69) is 0 Å². The van der Waals surface area contributed by atoms with Crippen molar-refractivity contribution < 1.29 is 5.11 Å². The smallest absolute Gasteiger partial charge is 0.211 e. The first-order valence-electron chi connectivity index (χ1n) is 2.49. The van der Waals surface area contributed by atoms with Crippen molar-refractivity contribution in [3.8, 4) is 0 Å². The molecule has 0 aliphatic carbocycles. The average Bonchev–Trinajstić information content (AvgIpc) is 1.89. The van der Waals surface area contributed by atoms with Crippen molar-refractivity contribution >= 4 is 17.3 Å². The summed E-state index contributed by atoms with van der Waals surface area (Å²) in [6.07, 6.45) is 0. The first-order valence-corrected chi connectivity index (χ1v) is 2.87. The number of nitrogens with one attached hydrogen (secondary N) is 1. The molecule has 1 N–H and O–H groups in total. The molecule has 0 aliphatic rings. The van der Waals surface area contributed by atoms with Crippen molar-refractivity contribution in [2.75, 3.05) is 0 Å². The molecule has 0 saturated carbocycles. The molecule has 0 aromatic heterocycles. The van der Waals surface area contributed by atoms with Gasteiger partial charge in [-0.2, -0.15) is 0 Å². The maximum Gasteiger partial charge on any atom is 0.211 e. The van der Waals surface area contributed by atoms with Crippen LogP contribution in [0.15, 0.2) is 24.3 Å². The quantitative estimate of drug-likeness (QED) is 0.567. The number of benzene rings is 1. The summed E-state index contributed by atoms with van der Waals surface area (Å²) < 4.78 is 0. The lowest BCUT2D eigenvalue weighted by Gasteiger charge is -1.89. The van der Waals surface area contributed by atoms with E-state index >= 15 is 0 Å². The minimum absolute atomic E-state index is 0.514. The van der Waals surface area contributed by atoms with Gasteiger partial charge < -0.3 is 5.53 Å². The third-order valence-electron chi connectivity index (χ3n) is 0.994. The molecule has 0 radical (unpaired) electrons. The van der Waals surface area contributed by atoms with Gasteiger partial charge in [0.15, 0.2) is 0 Å². The standard InChI is InChI=1S/C6H5ClN2/c7-5-3-1-2-4-6(5)9-8/h1-4,9H. The first-order chi connectivity index (χ1) is 4.34. The zero-order valence-electron chi connectivity index (χ0n) is 4.63. The molecule has 0 aliphatic heterocycles. The van der Waals surface area contributed by atoms with Gasteiger partial charge >= 0.3 is 0 Å². The van der Waals surface area contributed by atoms with Crippen LogP contribution in [0, 0.1) is 0 Å². The predicted octanol–water partition coefficient (Wildman–Crippen LogP) is 1.07. The first kappa shape index (κ1) is 6.23. The molecular weight excluding hydrogens is 136 g/mol. The Morgan fingerprint density at radius 2 is 2.00 bits per heavy atom. The van der Waals surface area contributed by atoms with E-state index in [4.69, 9.17) is 17.1 Å². The number of para-hydroxylation sites is 1. The van der Waals surface area contributed by atoms with Crippen molar-refractivity contribution in [2.24, 2.45) is 0 Å². The van der Waals surface area contributed by atoms with Gasteiger partial charge in [0.25, 0.3) is 0 Å². The third kappa shape index (κ3) is 1.27. The Morgan fingerprint density at radius 1 is 1.33 bits per heavy atom. The van der Waals surface area contributed by atoms with Crippen LogP contribution in [-0.4, -0.2) is 0 Å². The normalized spacial score (nSPS) is 9.00. The summed E-state index contributed by atoms with van der Waals surface area (Å²) in [6, 6.07) is 6.95. The zero-order valence-corrected chi connectivity index (χ0v) is 5.39. The van der Waals surface area contributed by atoms with Gasteiger partial charge in [-0.1, -0.05) is 23.7 Å². The van der Waals surface area contributed by atoms with Crippen molar-refractivity contribution in [1.29, 1.82) is 0 Å². The van der Waals surface area contributed by atoms with Crippen molar-refractivity contribution in [2.45, 2.75) is 0 Å². The molecule has 9 heavy (non-hydrogen) atoms. The van der Waals surface area contributed by atoms with Crippen LogP contribution < -0.4 is 5.11 Å².